The molecule has 1 aromatic heterocycles. The van der Waals surface area contributed by atoms with Gasteiger partial charge in [-0.3, -0.25) is 9.97 Å². The van der Waals surface area contributed by atoms with Crippen molar-refractivity contribution in [3.8, 4) is 0 Å². The molecule has 0 aliphatic carbocycles. The van der Waals surface area contributed by atoms with Gasteiger partial charge in [-0.05, 0) is 45.7 Å². The van der Waals surface area contributed by atoms with E-state index >= 15 is 0 Å². The molecule has 2 atom stereocenters. The van der Waals surface area contributed by atoms with Crippen molar-refractivity contribution in [2.45, 2.75) is 38.8 Å². The number of nitrogens with zero attached hydrogens (tertiary/aromatic N) is 3. The fourth-order valence-electron chi connectivity index (χ4n) is 3.40. The molecule has 4 heterocycles. The summed E-state index contributed by atoms with van der Waals surface area (Å²) < 4.78 is 0. The van der Waals surface area contributed by atoms with Crippen LogP contribution in [-0.2, 0) is 0 Å². The van der Waals surface area contributed by atoms with Gasteiger partial charge in [-0.25, -0.2) is 0 Å². The van der Waals surface area contributed by atoms with Crippen molar-refractivity contribution in [1.82, 2.24) is 20.2 Å². The lowest BCUT2D eigenvalue weighted by Gasteiger charge is -2.46. The van der Waals surface area contributed by atoms with Crippen molar-refractivity contribution < 1.29 is 0 Å². The highest BCUT2D eigenvalue weighted by molar-refractivity contribution is 5.13. The van der Waals surface area contributed by atoms with Crippen LogP contribution < -0.4 is 5.32 Å². The lowest BCUT2D eigenvalue weighted by atomic mass is 9.83. The minimum atomic E-state index is 0.296. The molecule has 0 aromatic carbocycles. The molecule has 0 spiro atoms. The first-order valence-electron chi connectivity index (χ1n) is 7.00. The van der Waals surface area contributed by atoms with E-state index in [1.165, 1.54) is 32.5 Å². The first-order valence-corrected chi connectivity index (χ1v) is 7.00. The van der Waals surface area contributed by atoms with Gasteiger partial charge in [0.05, 0.1) is 11.4 Å². The number of hydrogen-bond acceptors (Lipinski definition) is 4. The molecule has 3 aliphatic heterocycles. The highest BCUT2D eigenvalue weighted by Crippen LogP contribution is 2.29. The normalized spacial score (nSPS) is 32.4. The molecule has 1 N–H and O–H groups in total. The maximum Gasteiger partial charge on any atom is 0.0782 e. The van der Waals surface area contributed by atoms with Crippen LogP contribution in [0.5, 0.6) is 0 Å². The Hall–Kier alpha value is -1.00. The van der Waals surface area contributed by atoms with E-state index in [1.54, 1.807) is 12.4 Å². The predicted molar refractivity (Wildman–Crippen MR) is 71.3 cm³/mol. The minimum Gasteiger partial charge on any atom is -0.304 e. The second kappa shape index (κ2) is 4.94. The van der Waals surface area contributed by atoms with Crippen LogP contribution in [0.25, 0.3) is 0 Å². The highest BCUT2D eigenvalue weighted by atomic mass is 15.2. The maximum atomic E-state index is 4.47. The molecule has 3 saturated heterocycles. The third kappa shape index (κ3) is 2.27. The third-order valence-electron chi connectivity index (χ3n) is 4.45. The molecule has 2 unspecified atom stereocenters. The fourth-order valence-corrected chi connectivity index (χ4v) is 3.40. The molecule has 4 rings (SSSR count). The van der Waals surface area contributed by atoms with E-state index < -0.39 is 0 Å². The molecule has 98 valence electrons. The van der Waals surface area contributed by atoms with Crippen LogP contribution >= 0.6 is 0 Å². The van der Waals surface area contributed by atoms with E-state index in [9.17, 15) is 0 Å². The summed E-state index contributed by atoms with van der Waals surface area (Å²) >= 11 is 0. The number of aromatic nitrogens is 2. The first kappa shape index (κ1) is 12.1. The van der Waals surface area contributed by atoms with Crippen molar-refractivity contribution in [2.24, 2.45) is 5.92 Å². The van der Waals surface area contributed by atoms with Crippen molar-refractivity contribution in [3.05, 3.63) is 23.8 Å². The lowest BCUT2D eigenvalue weighted by Crippen LogP contribution is -2.56. The molecule has 4 nitrogen and oxygen atoms in total. The zero-order valence-corrected chi connectivity index (χ0v) is 11.3. The smallest absolute Gasteiger partial charge is 0.0782 e. The average molecular weight is 246 g/mol. The zero-order valence-electron chi connectivity index (χ0n) is 11.3. The second-order valence-electron chi connectivity index (χ2n) is 5.66. The number of rotatable bonds is 3. The van der Waals surface area contributed by atoms with Crippen LogP contribution in [0.4, 0.5) is 0 Å². The number of aryl methyl sites for hydroxylation is 1. The maximum absolute atomic E-state index is 4.47. The van der Waals surface area contributed by atoms with Crippen molar-refractivity contribution in [3.63, 3.8) is 0 Å². The zero-order chi connectivity index (χ0) is 12.5. The van der Waals surface area contributed by atoms with Crippen LogP contribution in [0, 0.1) is 12.8 Å². The Kier molecular flexibility index (Phi) is 3.31. The molecule has 0 amide bonds. The molecular formula is C14H22N4. The molecule has 4 heteroatoms. The van der Waals surface area contributed by atoms with E-state index in [0.29, 0.717) is 12.1 Å². The van der Waals surface area contributed by atoms with Crippen LogP contribution in [0.2, 0.25) is 0 Å². The van der Waals surface area contributed by atoms with Crippen molar-refractivity contribution >= 4 is 0 Å². The quantitative estimate of drug-likeness (QED) is 0.878. The first-order chi connectivity index (χ1) is 8.74. The monoisotopic (exact) mass is 246 g/mol. The molecule has 2 bridgehead atoms. The average Bonchev–Trinajstić information content (AvgIpc) is 2.40. The van der Waals surface area contributed by atoms with Crippen LogP contribution in [0.15, 0.2) is 12.4 Å². The molecule has 0 radical (unpaired) electrons. The van der Waals surface area contributed by atoms with Crippen molar-refractivity contribution in [2.75, 3.05) is 19.6 Å². The van der Waals surface area contributed by atoms with Crippen LogP contribution in [0.1, 0.15) is 37.2 Å². The highest BCUT2D eigenvalue weighted by Gasteiger charge is 2.34. The summed E-state index contributed by atoms with van der Waals surface area (Å²) in [4.78, 5) is 11.4. The van der Waals surface area contributed by atoms with E-state index in [1.807, 2.05) is 6.92 Å². The molecular weight excluding hydrogens is 224 g/mol. The summed E-state index contributed by atoms with van der Waals surface area (Å²) in [7, 11) is 0. The molecule has 0 saturated carbocycles. The molecule has 18 heavy (non-hydrogen) atoms. The number of fused-ring (bicyclic) bond motifs is 3. The SMILES string of the molecule is Cc1nccnc1C(C)NC1CN2CCC1CC2. The van der Waals surface area contributed by atoms with Gasteiger partial charge >= 0.3 is 0 Å². The standard InChI is InChI=1S/C14H22N4/c1-10-14(16-6-5-15-10)11(2)17-13-9-18-7-3-12(13)4-8-18/h5-6,11-13,17H,3-4,7-9H2,1-2H3. The topological polar surface area (TPSA) is 41.1 Å². The summed E-state index contributed by atoms with van der Waals surface area (Å²) in [5, 5.41) is 3.76. The number of nitrogens with one attached hydrogen (secondary N) is 1. The molecule has 1 aromatic rings. The molecule has 3 fully saturated rings. The fraction of sp³-hybridized carbons (Fsp3) is 0.714. The molecule has 3 aliphatic rings. The van der Waals surface area contributed by atoms with Gasteiger partial charge in [0, 0.05) is 31.0 Å². The van der Waals surface area contributed by atoms with Gasteiger partial charge in [-0.2, -0.15) is 0 Å². The minimum absolute atomic E-state index is 0.296. The van der Waals surface area contributed by atoms with Gasteiger partial charge in [0.1, 0.15) is 0 Å². The van der Waals surface area contributed by atoms with Gasteiger partial charge < -0.3 is 10.2 Å². The Labute approximate surface area is 109 Å². The Morgan fingerprint density at radius 2 is 2.00 bits per heavy atom. The van der Waals surface area contributed by atoms with E-state index in [2.05, 4.69) is 27.1 Å². The van der Waals surface area contributed by atoms with E-state index in [-0.39, 0.29) is 0 Å². The van der Waals surface area contributed by atoms with E-state index in [4.69, 9.17) is 0 Å². The Morgan fingerprint density at radius 3 is 2.61 bits per heavy atom. The summed E-state index contributed by atoms with van der Waals surface area (Å²) in [5.74, 6) is 0.856. The van der Waals surface area contributed by atoms with Gasteiger partial charge in [-0.1, -0.05) is 0 Å². The Balaban J connectivity index is 1.68. The summed E-state index contributed by atoms with van der Waals surface area (Å²) in [6, 6.07) is 0.924. The number of hydrogen-bond donors (Lipinski definition) is 1. The van der Waals surface area contributed by atoms with Gasteiger partial charge in [0.2, 0.25) is 0 Å². The Morgan fingerprint density at radius 1 is 1.28 bits per heavy atom. The number of piperidine rings is 3. The van der Waals surface area contributed by atoms with Crippen molar-refractivity contribution in [1.29, 1.82) is 0 Å². The summed E-state index contributed by atoms with van der Waals surface area (Å²) in [6.07, 6.45) is 6.25. The summed E-state index contributed by atoms with van der Waals surface area (Å²) in [5.41, 5.74) is 2.13. The largest absolute Gasteiger partial charge is 0.304 e. The third-order valence-corrected chi connectivity index (χ3v) is 4.45. The lowest BCUT2D eigenvalue weighted by molar-refractivity contribution is 0.0677. The van der Waals surface area contributed by atoms with E-state index in [0.717, 1.165) is 17.3 Å². The van der Waals surface area contributed by atoms with Gasteiger partial charge in [-0.15, -0.1) is 0 Å². The summed E-state index contributed by atoms with van der Waals surface area (Å²) in [6.45, 7) is 8.03. The van der Waals surface area contributed by atoms with Crippen LogP contribution in [-0.4, -0.2) is 40.5 Å². The van der Waals surface area contributed by atoms with Crippen LogP contribution in [0.3, 0.4) is 0 Å². The second-order valence-corrected chi connectivity index (χ2v) is 5.66. The van der Waals surface area contributed by atoms with Gasteiger partial charge in [0.15, 0.2) is 0 Å². The van der Waals surface area contributed by atoms with Gasteiger partial charge in [0.25, 0.3) is 0 Å². The Bertz CT molecular complexity index is 412. The predicted octanol–water partition coefficient (Wildman–Crippen LogP) is 1.53.